The Morgan fingerprint density at radius 1 is 1.15 bits per heavy atom. The molecule has 0 spiro atoms. The zero-order valence-electron chi connectivity index (χ0n) is 13.5. The summed E-state index contributed by atoms with van der Waals surface area (Å²) < 4.78 is 10.8. The predicted molar refractivity (Wildman–Crippen MR) is 91.7 cm³/mol. The van der Waals surface area contributed by atoms with Gasteiger partial charge in [0.05, 0.1) is 10.5 Å². The maximum absolute atomic E-state index is 12.1. The van der Waals surface area contributed by atoms with Crippen molar-refractivity contribution in [2.45, 2.75) is 13.0 Å². The normalized spacial score (nSPS) is 11.8. The summed E-state index contributed by atoms with van der Waals surface area (Å²) in [7, 11) is 0. The second kappa shape index (κ2) is 7.32. The van der Waals surface area contributed by atoms with Crippen LogP contribution < -0.4 is 0 Å². The maximum Gasteiger partial charge on any atom is 0.338 e. The number of rotatable bonds is 5. The number of halogens is 1. The van der Waals surface area contributed by atoms with Crippen LogP contribution >= 0.6 is 11.6 Å². The molecule has 0 unspecified atom stereocenters. The lowest BCUT2D eigenvalue weighted by Crippen LogP contribution is -2.09. The van der Waals surface area contributed by atoms with E-state index in [1.54, 1.807) is 31.2 Å². The van der Waals surface area contributed by atoms with Crippen LogP contribution in [0.25, 0.3) is 11.5 Å². The molecular weight excluding hydrogens is 362 g/mol. The molecule has 26 heavy (non-hydrogen) atoms. The molecule has 0 radical (unpaired) electrons. The van der Waals surface area contributed by atoms with Crippen molar-refractivity contribution in [1.82, 2.24) is 10.2 Å². The molecule has 2 aromatic carbocycles. The van der Waals surface area contributed by atoms with Gasteiger partial charge in [0, 0.05) is 22.7 Å². The smallest absolute Gasteiger partial charge is 0.338 e. The van der Waals surface area contributed by atoms with Crippen LogP contribution in [0, 0.1) is 10.1 Å². The van der Waals surface area contributed by atoms with E-state index in [-0.39, 0.29) is 17.5 Å². The first kappa shape index (κ1) is 17.6. The Balaban J connectivity index is 1.71. The van der Waals surface area contributed by atoms with Gasteiger partial charge in [-0.3, -0.25) is 10.1 Å². The highest BCUT2D eigenvalue weighted by Gasteiger charge is 2.20. The molecule has 1 atom stereocenters. The molecule has 3 rings (SSSR count). The van der Waals surface area contributed by atoms with Crippen molar-refractivity contribution in [3.05, 3.63) is 75.1 Å². The number of non-ortho nitro benzene ring substituents is 1. The SMILES string of the molecule is C[C@@H](OC(=O)c1ccc(Cl)cc1)c1nnc(-c2ccc([N+](=O)[O-])cc2)o1. The Hall–Kier alpha value is -3.26. The molecule has 0 saturated carbocycles. The lowest BCUT2D eigenvalue weighted by Gasteiger charge is -2.09. The molecule has 0 aliphatic rings. The predicted octanol–water partition coefficient (Wildman–Crippen LogP) is 4.22. The fourth-order valence-electron chi connectivity index (χ4n) is 2.11. The van der Waals surface area contributed by atoms with Gasteiger partial charge in [-0.2, -0.15) is 0 Å². The van der Waals surface area contributed by atoms with E-state index in [9.17, 15) is 14.9 Å². The van der Waals surface area contributed by atoms with Crippen LogP contribution in [0.1, 0.15) is 29.3 Å². The molecule has 0 bridgehead atoms. The van der Waals surface area contributed by atoms with Crippen molar-refractivity contribution in [2.24, 2.45) is 0 Å². The largest absolute Gasteiger partial charge is 0.449 e. The summed E-state index contributed by atoms with van der Waals surface area (Å²) in [5.74, 6) is -0.269. The summed E-state index contributed by atoms with van der Waals surface area (Å²) in [5.41, 5.74) is 0.820. The van der Waals surface area contributed by atoms with Gasteiger partial charge in [0.15, 0.2) is 6.10 Å². The molecule has 8 nitrogen and oxygen atoms in total. The minimum atomic E-state index is -0.766. The zero-order valence-corrected chi connectivity index (χ0v) is 14.2. The fraction of sp³-hybridized carbons (Fsp3) is 0.118. The molecular formula is C17H12ClN3O5. The lowest BCUT2D eigenvalue weighted by molar-refractivity contribution is -0.384. The third-order valence-corrected chi connectivity index (χ3v) is 3.73. The van der Waals surface area contributed by atoms with Crippen LogP contribution in [0.3, 0.4) is 0 Å². The van der Waals surface area contributed by atoms with Crippen molar-refractivity contribution in [3.63, 3.8) is 0 Å². The number of hydrogen-bond acceptors (Lipinski definition) is 7. The minimum Gasteiger partial charge on any atom is -0.449 e. The first-order valence-corrected chi connectivity index (χ1v) is 7.86. The highest BCUT2D eigenvalue weighted by atomic mass is 35.5. The Kier molecular flexibility index (Phi) is 4.94. The third-order valence-electron chi connectivity index (χ3n) is 3.48. The number of nitro benzene ring substituents is 1. The Bertz CT molecular complexity index is 938. The Morgan fingerprint density at radius 3 is 2.42 bits per heavy atom. The van der Waals surface area contributed by atoms with E-state index in [1.807, 2.05) is 0 Å². The van der Waals surface area contributed by atoms with E-state index >= 15 is 0 Å². The average Bonchev–Trinajstić information content (AvgIpc) is 3.12. The van der Waals surface area contributed by atoms with Gasteiger partial charge >= 0.3 is 5.97 Å². The monoisotopic (exact) mass is 373 g/mol. The Labute approximate surface area is 152 Å². The molecule has 9 heteroatoms. The van der Waals surface area contributed by atoms with Crippen LogP contribution in [-0.4, -0.2) is 21.1 Å². The lowest BCUT2D eigenvalue weighted by atomic mass is 10.2. The van der Waals surface area contributed by atoms with Crippen LogP contribution in [0.4, 0.5) is 5.69 Å². The van der Waals surface area contributed by atoms with Crippen molar-refractivity contribution >= 4 is 23.3 Å². The van der Waals surface area contributed by atoms with E-state index in [1.165, 1.54) is 24.3 Å². The van der Waals surface area contributed by atoms with E-state index in [0.29, 0.717) is 16.1 Å². The molecule has 0 N–H and O–H groups in total. The summed E-state index contributed by atoms with van der Waals surface area (Å²) in [6.07, 6.45) is -0.766. The summed E-state index contributed by atoms with van der Waals surface area (Å²) in [4.78, 5) is 22.3. The molecule has 0 fully saturated rings. The van der Waals surface area contributed by atoms with Gasteiger partial charge in [-0.15, -0.1) is 10.2 Å². The fourth-order valence-corrected chi connectivity index (χ4v) is 2.23. The van der Waals surface area contributed by atoms with Gasteiger partial charge in [-0.25, -0.2) is 4.79 Å². The number of carbonyl (C=O) groups is 1. The number of ether oxygens (including phenoxy) is 1. The number of aromatic nitrogens is 2. The standard InChI is InChI=1S/C17H12ClN3O5/c1-10(25-17(22)12-2-6-13(18)7-3-12)15-19-20-16(26-15)11-4-8-14(9-5-11)21(23)24/h2-10H,1H3/t10-/m1/s1. The minimum absolute atomic E-state index is 0.0428. The first-order valence-electron chi connectivity index (χ1n) is 7.49. The van der Waals surface area contributed by atoms with Crippen LogP contribution in [0.5, 0.6) is 0 Å². The highest BCUT2D eigenvalue weighted by molar-refractivity contribution is 6.30. The second-order valence-electron chi connectivity index (χ2n) is 5.30. The van der Waals surface area contributed by atoms with Crippen LogP contribution in [0.2, 0.25) is 5.02 Å². The molecule has 1 aromatic heterocycles. The molecule has 3 aromatic rings. The molecule has 1 heterocycles. The van der Waals surface area contributed by atoms with Crippen molar-refractivity contribution in [2.75, 3.05) is 0 Å². The highest BCUT2D eigenvalue weighted by Crippen LogP contribution is 2.25. The quantitative estimate of drug-likeness (QED) is 0.374. The van der Waals surface area contributed by atoms with E-state index < -0.39 is 17.0 Å². The third kappa shape index (κ3) is 3.86. The van der Waals surface area contributed by atoms with Gasteiger partial charge in [0.1, 0.15) is 0 Å². The van der Waals surface area contributed by atoms with E-state index in [4.69, 9.17) is 20.8 Å². The van der Waals surface area contributed by atoms with E-state index in [2.05, 4.69) is 10.2 Å². The second-order valence-corrected chi connectivity index (χ2v) is 5.74. The zero-order chi connectivity index (χ0) is 18.7. The van der Waals surface area contributed by atoms with E-state index in [0.717, 1.165) is 0 Å². The Morgan fingerprint density at radius 2 is 1.81 bits per heavy atom. The number of hydrogen-bond donors (Lipinski definition) is 0. The number of esters is 1. The average molecular weight is 374 g/mol. The van der Waals surface area contributed by atoms with Gasteiger partial charge < -0.3 is 9.15 Å². The number of benzene rings is 2. The summed E-state index contributed by atoms with van der Waals surface area (Å²) in [6, 6.07) is 11.9. The van der Waals surface area contributed by atoms with Gasteiger partial charge in [0.2, 0.25) is 5.89 Å². The number of nitrogens with zero attached hydrogens (tertiary/aromatic N) is 3. The van der Waals surface area contributed by atoms with Crippen LogP contribution in [0.15, 0.2) is 52.9 Å². The van der Waals surface area contributed by atoms with Gasteiger partial charge in [-0.05, 0) is 43.3 Å². The van der Waals surface area contributed by atoms with Crippen LogP contribution in [-0.2, 0) is 4.74 Å². The summed E-state index contributed by atoms with van der Waals surface area (Å²) in [6.45, 7) is 1.60. The topological polar surface area (TPSA) is 108 Å². The number of carbonyl (C=O) groups excluding carboxylic acids is 1. The summed E-state index contributed by atoms with van der Waals surface area (Å²) in [5, 5.41) is 18.9. The number of nitro groups is 1. The molecule has 0 aliphatic heterocycles. The van der Waals surface area contributed by atoms with Gasteiger partial charge in [-0.1, -0.05) is 11.6 Å². The summed E-state index contributed by atoms with van der Waals surface area (Å²) >= 11 is 5.78. The van der Waals surface area contributed by atoms with Crippen molar-refractivity contribution < 1.29 is 18.9 Å². The van der Waals surface area contributed by atoms with Crippen molar-refractivity contribution in [3.8, 4) is 11.5 Å². The molecule has 132 valence electrons. The molecule has 0 saturated heterocycles. The van der Waals surface area contributed by atoms with Crippen molar-refractivity contribution in [1.29, 1.82) is 0 Å². The maximum atomic E-state index is 12.1. The first-order chi connectivity index (χ1) is 12.4. The molecule has 0 amide bonds. The molecule has 0 aliphatic carbocycles. The van der Waals surface area contributed by atoms with Gasteiger partial charge in [0.25, 0.3) is 11.6 Å².